The van der Waals surface area contributed by atoms with Crippen LogP contribution >= 0.6 is 11.6 Å². The standard InChI is InChI=1S/C8H8ClF/c1-6-2-3-8(10)5-7(9)4-6/h2-4H,5H2,1H3. The van der Waals surface area contributed by atoms with Gasteiger partial charge < -0.3 is 0 Å². The van der Waals surface area contributed by atoms with Crippen LogP contribution in [0.3, 0.4) is 0 Å². The van der Waals surface area contributed by atoms with Crippen LogP contribution in [-0.2, 0) is 0 Å². The van der Waals surface area contributed by atoms with Gasteiger partial charge in [-0.1, -0.05) is 17.7 Å². The summed E-state index contributed by atoms with van der Waals surface area (Å²) in [5, 5.41) is 0.556. The topological polar surface area (TPSA) is 0 Å². The van der Waals surface area contributed by atoms with Gasteiger partial charge in [0.2, 0.25) is 0 Å². The molecule has 0 radical (unpaired) electrons. The summed E-state index contributed by atoms with van der Waals surface area (Å²) in [5.74, 6) is -0.182. The zero-order valence-electron chi connectivity index (χ0n) is 5.70. The monoisotopic (exact) mass is 158 g/mol. The molecular formula is C8H8ClF. The van der Waals surface area contributed by atoms with Crippen LogP contribution in [0.4, 0.5) is 4.39 Å². The fraction of sp³-hybridized carbons (Fsp3) is 0.250. The summed E-state index contributed by atoms with van der Waals surface area (Å²) in [4.78, 5) is 0. The lowest BCUT2D eigenvalue weighted by molar-refractivity contribution is 0.616. The maximum Gasteiger partial charge on any atom is 0.105 e. The molecule has 0 fully saturated rings. The fourth-order valence-corrected chi connectivity index (χ4v) is 1.09. The van der Waals surface area contributed by atoms with Crippen LogP contribution in [-0.4, -0.2) is 0 Å². The van der Waals surface area contributed by atoms with Crippen molar-refractivity contribution in [3.63, 3.8) is 0 Å². The molecule has 2 heteroatoms. The average molecular weight is 159 g/mol. The molecule has 1 aliphatic carbocycles. The molecule has 0 aromatic rings. The number of allylic oxidation sites excluding steroid dienone is 6. The normalized spacial score (nSPS) is 18.9. The molecule has 1 rings (SSSR count). The average Bonchev–Trinajstić information content (AvgIpc) is 1.93. The molecule has 1 aliphatic rings. The third-order valence-corrected chi connectivity index (χ3v) is 1.49. The minimum absolute atomic E-state index is 0.182. The van der Waals surface area contributed by atoms with E-state index in [0.717, 1.165) is 5.57 Å². The Hall–Kier alpha value is -0.560. The van der Waals surface area contributed by atoms with Gasteiger partial charge in [-0.3, -0.25) is 0 Å². The lowest BCUT2D eigenvalue weighted by Crippen LogP contribution is -1.72. The van der Waals surface area contributed by atoms with Gasteiger partial charge in [0, 0.05) is 11.5 Å². The first-order chi connectivity index (χ1) is 4.68. The second kappa shape index (κ2) is 3.02. The largest absolute Gasteiger partial charge is 0.211 e. The summed E-state index contributed by atoms with van der Waals surface area (Å²) < 4.78 is 12.6. The van der Waals surface area contributed by atoms with Crippen LogP contribution < -0.4 is 0 Å². The predicted octanol–water partition coefficient (Wildman–Crippen LogP) is 3.31. The Kier molecular flexibility index (Phi) is 2.28. The first kappa shape index (κ1) is 7.55. The van der Waals surface area contributed by atoms with Crippen molar-refractivity contribution >= 4 is 11.6 Å². The van der Waals surface area contributed by atoms with Gasteiger partial charge in [-0.15, -0.1) is 0 Å². The first-order valence-electron chi connectivity index (χ1n) is 3.07. The van der Waals surface area contributed by atoms with E-state index in [1.807, 2.05) is 6.92 Å². The van der Waals surface area contributed by atoms with Crippen molar-refractivity contribution in [2.45, 2.75) is 13.3 Å². The number of hydrogen-bond acceptors (Lipinski definition) is 0. The van der Waals surface area contributed by atoms with E-state index in [4.69, 9.17) is 11.6 Å². The van der Waals surface area contributed by atoms with E-state index in [1.165, 1.54) is 6.08 Å². The van der Waals surface area contributed by atoms with Gasteiger partial charge in [0.25, 0.3) is 0 Å². The van der Waals surface area contributed by atoms with Crippen molar-refractivity contribution in [1.82, 2.24) is 0 Å². The Balaban J connectivity index is 2.90. The molecule has 54 valence electrons. The Labute approximate surface area is 64.7 Å². The lowest BCUT2D eigenvalue weighted by atomic mass is 10.3. The number of rotatable bonds is 0. The molecular weight excluding hydrogens is 151 g/mol. The van der Waals surface area contributed by atoms with Gasteiger partial charge in [-0.2, -0.15) is 0 Å². The van der Waals surface area contributed by atoms with Gasteiger partial charge >= 0.3 is 0 Å². The summed E-state index contributed by atoms with van der Waals surface area (Å²) >= 11 is 5.65. The van der Waals surface area contributed by atoms with Crippen molar-refractivity contribution in [2.75, 3.05) is 0 Å². The van der Waals surface area contributed by atoms with E-state index in [0.29, 0.717) is 5.03 Å². The predicted molar refractivity (Wildman–Crippen MR) is 41.5 cm³/mol. The molecule has 0 nitrogen and oxygen atoms in total. The van der Waals surface area contributed by atoms with Gasteiger partial charge in [-0.05, 0) is 24.6 Å². The maximum atomic E-state index is 12.6. The van der Waals surface area contributed by atoms with Crippen molar-refractivity contribution < 1.29 is 4.39 Å². The molecule has 0 aromatic heterocycles. The van der Waals surface area contributed by atoms with Crippen molar-refractivity contribution in [2.24, 2.45) is 0 Å². The summed E-state index contributed by atoms with van der Waals surface area (Å²) in [7, 11) is 0. The third kappa shape index (κ3) is 1.99. The smallest absolute Gasteiger partial charge is 0.105 e. The van der Waals surface area contributed by atoms with Gasteiger partial charge in [0.15, 0.2) is 0 Å². The minimum Gasteiger partial charge on any atom is -0.211 e. The van der Waals surface area contributed by atoms with E-state index in [2.05, 4.69) is 0 Å². The fourth-order valence-electron chi connectivity index (χ4n) is 0.788. The van der Waals surface area contributed by atoms with E-state index < -0.39 is 0 Å². The van der Waals surface area contributed by atoms with Crippen molar-refractivity contribution in [1.29, 1.82) is 0 Å². The highest BCUT2D eigenvalue weighted by atomic mass is 35.5. The molecule has 0 saturated heterocycles. The van der Waals surface area contributed by atoms with Crippen LogP contribution in [0.25, 0.3) is 0 Å². The summed E-state index contributed by atoms with van der Waals surface area (Å²) in [6.07, 6.45) is 5.16. The molecule has 0 aromatic carbocycles. The van der Waals surface area contributed by atoms with Gasteiger partial charge in [0.05, 0.1) is 0 Å². The molecule has 0 atom stereocenters. The number of hydrogen-bond donors (Lipinski definition) is 0. The van der Waals surface area contributed by atoms with E-state index in [-0.39, 0.29) is 12.2 Å². The van der Waals surface area contributed by atoms with Crippen LogP contribution in [0, 0.1) is 0 Å². The molecule has 0 bridgehead atoms. The highest BCUT2D eigenvalue weighted by Gasteiger charge is 2.01. The summed E-state index contributed by atoms with van der Waals surface area (Å²) in [6, 6.07) is 0. The Bertz CT molecular complexity index is 223. The second-order valence-corrected chi connectivity index (χ2v) is 2.78. The zero-order valence-corrected chi connectivity index (χ0v) is 6.45. The van der Waals surface area contributed by atoms with E-state index >= 15 is 0 Å². The molecule has 0 saturated carbocycles. The van der Waals surface area contributed by atoms with Crippen LogP contribution in [0.1, 0.15) is 13.3 Å². The SMILES string of the molecule is CC1=CC=C(F)CC(Cl)=C1. The molecule has 0 spiro atoms. The molecule has 0 unspecified atom stereocenters. The first-order valence-corrected chi connectivity index (χ1v) is 3.45. The van der Waals surface area contributed by atoms with E-state index in [1.54, 1.807) is 12.2 Å². The summed E-state index contributed by atoms with van der Waals surface area (Å²) in [6.45, 7) is 1.89. The second-order valence-electron chi connectivity index (χ2n) is 2.29. The maximum absolute atomic E-state index is 12.6. The van der Waals surface area contributed by atoms with Crippen LogP contribution in [0.2, 0.25) is 0 Å². The highest BCUT2D eigenvalue weighted by Crippen LogP contribution is 2.20. The molecule has 0 amide bonds. The Morgan fingerprint density at radius 1 is 1.50 bits per heavy atom. The van der Waals surface area contributed by atoms with Gasteiger partial charge in [0.1, 0.15) is 5.83 Å². The molecule has 10 heavy (non-hydrogen) atoms. The molecule has 0 aliphatic heterocycles. The lowest BCUT2D eigenvalue weighted by Gasteiger charge is -1.91. The van der Waals surface area contributed by atoms with Crippen LogP contribution in [0.15, 0.2) is 34.7 Å². The van der Waals surface area contributed by atoms with Crippen molar-refractivity contribution in [3.8, 4) is 0 Å². The third-order valence-electron chi connectivity index (χ3n) is 1.25. The van der Waals surface area contributed by atoms with Crippen LogP contribution in [0.5, 0.6) is 0 Å². The van der Waals surface area contributed by atoms with E-state index in [9.17, 15) is 4.39 Å². The minimum atomic E-state index is -0.182. The molecule has 0 heterocycles. The quantitative estimate of drug-likeness (QED) is 0.508. The summed E-state index contributed by atoms with van der Waals surface area (Å²) in [5.41, 5.74) is 0.984. The van der Waals surface area contributed by atoms with Gasteiger partial charge in [-0.25, -0.2) is 4.39 Å². The Morgan fingerprint density at radius 2 is 2.20 bits per heavy atom. The van der Waals surface area contributed by atoms with Crippen molar-refractivity contribution in [3.05, 3.63) is 34.7 Å². The number of halogens is 2. The Morgan fingerprint density at radius 3 is 2.90 bits per heavy atom. The highest BCUT2D eigenvalue weighted by molar-refractivity contribution is 6.29. The zero-order chi connectivity index (χ0) is 7.56. The molecule has 0 N–H and O–H groups in total.